The Bertz CT molecular complexity index is 5920. The van der Waals surface area contributed by atoms with Crippen LogP contribution in [0.5, 0.6) is 0 Å². The fourth-order valence-corrected chi connectivity index (χ4v) is 13.0. The van der Waals surface area contributed by atoms with Crippen LogP contribution in [0.1, 0.15) is 50.1 Å². The number of fused-ring (bicyclic) bond motifs is 6. The molecule has 0 atom stereocenters. The van der Waals surface area contributed by atoms with Crippen molar-refractivity contribution in [3.05, 3.63) is 293 Å². The highest BCUT2D eigenvalue weighted by atomic mass is 15.0. The van der Waals surface area contributed by atoms with Crippen LogP contribution in [0.15, 0.2) is 243 Å². The number of hydrogen-bond acceptors (Lipinski definition) is 12. The molecule has 0 saturated carbocycles. The van der Waals surface area contributed by atoms with Gasteiger partial charge in [-0.1, -0.05) is 84.9 Å². The third kappa shape index (κ3) is 10.5. The van der Waals surface area contributed by atoms with Gasteiger partial charge in [0.1, 0.15) is 0 Å². The lowest BCUT2D eigenvalue weighted by Crippen LogP contribution is -2.04. The second-order valence-electron chi connectivity index (χ2n) is 23.3. The Labute approximate surface area is 560 Å². The highest BCUT2D eigenvalue weighted by Gasteiger charge is 2.25. The molecule has 3 heterocycles. The zero-order chi connectivity index (χ0) is 67.1. The molecular formula is C84H40N14. The third-order valence-electron chi connectivity index (χ3n) is 17.5. The number of nitrogens with zero attached hydrogens (tertiary/aromatic N) is 14. The summed E-state index contributed by atoms with van der Waals surface area (Å²) in [4.78, 5) is 15.7. The highest BCUT2D eigenvalue weighted by molar-refractivity contribution is 6.14. The molecule has 0 saturated heterocycles. The van der Waals surface area contributed by atoms with E-state index in [1.54, 1.807) is 78.9 Å². The van der Waals surface area contributed by atoms with Gasteiger partial charge in [0, 0.05) is 49.5 Å². The molecule has 15 rings (SSSR count). The van der Waals surface area contributed by atoms with Gasteiger partial charge in [0.05, 0.1) is 132 Å². The molecule has 14 heteroatoms. The highest BCUT2D eigenvalue weighted by Crippen LogP contribution is 2.45. The number of nitriles is 9. The first kappa shape index (κ1) is 59.0. The summed E-state index contributed by atoms with van der Waals surface area (Å²) in [5.74, 6) is 1.18. The summed E-state index contributed by atoms with van der Waals surface area (Å²) < 4.78 is 4.29. The van der Waals surface area contributed by atoms with Crippen molar-refractivity contribution in [3.63, 3.8) is 0 Å². The molecule has 0 aliphatic rings. The van der Waals surface area contributed by atoms with E-state index in [9.17, 15) is 47.4 Å². The van der Waals surface area contributed by atoms with Gasteiger partial charge in [0.15, 0.2) is 17.5 Å². The van der Waals surface area contributed by atoms with Crippen LogP contribution < -0.4 is 0 Å². The monoisotopic (exact) mass is 1240 g/mol. The molecule has 0 fully saturated rings. The molecule has 0 spiro atoms. The van der Waals surface area contributed by atoms with Gasteiger partial charge in [0.25, 0.3) is 0 Å². The van der Waals surface area contributed by atoms with E-state index in [-0.39, 0.29) is 0 Å². The predicted molar refractivity (Wildman–Crippen MR) is 374 cm³/mol. The van der Waals surface area contributed by atoms with Gasteiger partial charge in [-0.2, -0.15) is 47.4 Å². The number of hydrogen-bond donors (Lipinski definition) is 0. The van der Waals surface area contributed by atoms with Crippen LogP contribution in [0.3, 0.4) is 0 Å². The van der Waals surface area contributed by atoms with Crippen LogP contribution in [0, 0.1) is 102 Å². The molecule has 446 valence electrons. The molecule has 3 aromatic heterocycles. The second-order valence-corrected chi connectivity index (χ2v) is 23.3. The predicted octanol–water partition coefficient (Wildman–Crippen LogP) is 18.2. The maximum Gasteiger partial charge on any atom is 0.164 e. The molecule has 0 radical (unpaired) electrons. The average Bonchev–Trinajstić information content (AvgIpc) is 1.55. The summed E-state index contributed by atoms with van der Waals surface area (Å²) in [5.41, 5.74) is 16.3. The van der Waals surface area contributed by atoms with Crippen LogP contribution >= 0.6 is 0 Å². The van der Waals surface area contributed by atoms with E-state index in [2.05, 4.69) is 69.8 Å². The van der Waals surface area contributed by atoms with Crippen LogP contribution in [-0.4, -0.2) is 24.1 Å². The zero-order valence-electron chi connectivity index (χ0n) is 51.4. The van der Waals surface area contributed by atoms with E-state index in [1.807, 2.05) is 158 Å². The summed E-state index contributed by atoms with van der Waals surface area (Å²) in [6.45, 7) is 0. The number of aromatic nitrogens is 5. The van der Waals surface area contributed by atoms with Crippen molar-refractivity contribution in [1.82, 2.24) is 24.1 Å². The Morgan fingerprint density at radius 3 is 0.878 bits per heavy atom. The first-order valence-electron chi connectivity index (χ1n) is 30.6. The van der Waals surface area contributed by atoms with Crippen molar-refractivity contribution in [2.24, 2.45) is 0 Å². The van der Waals surface area contributed by atoms with Crippen molar-refractivity contribution in [1.29, 1.82) is 47.4 Å². The van der Waals surface area contributed by atoms with E-state index in [0.717, 1.165) is 77.0 Å². The lowest BCUT2D eigenvalue weighted by molar-refractivity contribution is 1.07. The largest absolute Gasteiger partial charge is 0.309 e. The lowest BCUT2D eigenvalue weighted by Gasteiger charge is -2.19. The molecule has 0 N–H and O–H groups in total. The normalized spacial score (nSPS) is 10.8. The summed E-state index contributed by atoms with van der Waals surface area (Å²) in [7, 11) is 0. The number of benzene rings is 12. The van der Waals surface area contributed by atoms with Crippen LogP contribution in [0.4, 0.5) is 0 Å². The fourth-order valence-electron chi connectivity index (χ4n) is 13.0. The quantitative estimate of drug-likeness (QED) is 0.124. The van der Waals surface area contributed by atoms with E-state index in [4.69, 9.17) is 15.0 Å². The van der Waals surface area contributed by atoms with Gasteiger partial charge in [-0.15, -0.1) is 0 Å². The summed E-state index contributed by atoms with van der Waals surface area (Å²) >= 11 is 0. The Morgan fingerprint density at radius 1 is 0.214 bits per heavy atom. The fraction of sp³-hybridized carbons (Fsp3) is 0. The summed E-state index contributed by atoms with van der Waals surface area (Å²) in [6, 6.07) is 95.2. The van der Waals surface area contributed by atoms with E-state index in [1.165, 1.54) is 0 Å². The zero-order valence-corrected chi connectivity index (χ0v) is 51.4. The summed E-state index contributed by atoms with van der Waals surface area (Å²) in [6.07, 6.45) is 0. The minimum absolute atomic E-state index is 0.324. The Balaban J connectivity index is 1.04. The minimum Gasteiger partial charge on any atom is -0.309 e. The van der Waals surface area contributed by atoms with Crippen molar-refractivity contribution in [2.75, 3.05) is 0 Å². The Morgan fingerprint density at radius 2 is 0.541 bits per heavy atom. The maximum atomic E-state index is 11.0. The van der Waals surface area contributed by atoms with E-state index < -0.39 is 0 Å². The molecule has 0 aliphatic heterocycles. The molecular weight excluding hydrogens is 1210 g/mol. The van der Waals surface area contributed by atoms with Crippen LogP contribution in [0.2, 0.25) is 0 Å². The Kier molecular flexibility index (Phi) is 14.7. The van der Waals surface area contributed by atoms with E-state index in [0.29, 0.717) is 118 Å². The van der Waals surface area contributed by atoms with Gasteiger partial charge in [0.2, 0.25) is 0 Å². The third-order valence-corrected chi connectivity index (χ3v) is 17.5. The van der Waals surface area contributed by atoms with Crippen LogP contribution in [0.25, 0.3) is 145 Å². The van der Waals surface area contributed by atoms with Crippen molar-refractivity contribution >= 4 is 43.6 Å². The second kappa shape index (κ2) is 24.4. The standard InChI is InChI=1S/C84H40N14/c85-41-50-11-18-79(98-80-21-14-63(67-31-55(46-90)25-56(32-67)47-91)38-75(80)76-39-64(15-22-81(76)98)68-33-57(48-92)26-58(34-68)49-93)72(35-50)71-40-69(16-17-70(71)84-95-82(59-7-3-1-4-8-59)94-83(96-84)60-9-5-2-6-10-60)97-77-19-12-61(65-27-51(42-86)23-52(28-65)43-87)36-73(77)74-37-62(13-20-78(74)97)66-29-53(44-88)24-54(30-66)45-89/h1-40H. The van der Waals surface area contributed by atoms with Gasteiger partial charge in [-0.05, 0) is 208 Å². The lowest BCUT2D eigenvalue weighted by atomic mass is 9.94. The van der Waals surface area contributed by atoms with Crippen molar-refractivity contribution < 1.29 is 0 Å². The molecule has 98 heavy (non-hydrogen) atoms. The van der Waals surface area contributed by atoms with Crippen molar-refractivity contribution in [3.8, 4) is 156 Å². The maximum absolute atomic E-state index is 11.0. The molecule has 0 aliphatic carbocycles. The molecule has 0 bridgehead atoms. The average molecular weight is 1250 g/mol. The molecule has 15 aromatic rings. The topological polar surface area (TPSA) is 263 Å². The van der Waals surface area contributed by atoms with Gasteiger partial charge in [-0.25, -0.2) is 15.0 Å². The SMILES string of the molecule is N#Cc1cc(C#N)cc(-c2ccc3c(c2)c2cc(-c4cc(C#N)cc(C#N)c4)ccc2n3-c2ccc(-c3nc(-c4ccccc4)nc(-c4ccccc4)n3)c(-c3cc(C#N)ccc3-n3c4ccc(-c5cc(C#N)cc(C#N)c5)cc4c4cc(-c5cc(C#N)cc(C#N)c5)ccc43)c2)c1. The molecule has 0 unspecified atom stereocenters. The van der Waals surface area contributed by atoms with E-state index >= 15 is 0 Å². The Hall–Kier alpha value is -15.3. The first-order chi connectivity index (χ1) is 48.0. The summed E-state index contributed by atoms with van der Waals surface area (Å²) in [5, 5.41) is 95.1. The smallest absolute Gasteiger partial charge is 0.164 e. The molecule has 12 aromatic carbocycles. The minimum atomic E-state index is 0.324. The molecule has 14 nitrogen and oxygen atoms in total. The van der Waals surface area contributed by atoms with Gasteiger partial charge < -0.3 is 9.13 Å². The van der Waals surface area contributed by atoms with Gasteiger partial charge >= 0.3 is 0 Å². The van der Waals surface area contributed by atoms with Crippen molar-refractivity contribution in [2.45, 2.75) is 0 Å². The molecule has 0 amide bonds. The van der Waals surface area contributed by atoms with Crippen LogP contribution in [-0.2, 0) is 0 Å². The van der Waals surface area contributed by atoms with Gasteiger partial charge in [-0.3, -0.25) is 0 Å². The first-order valence-corrected chi connectivity index (χ1v) is 30.6. The number of rotatable bonds is 10.